The van der Waals surface area contributed by atoms with Gasteiger partial charge in [0.15, 0.2) is 0 Å². The van der Waals surface area contributed by atoms with Gasteiger partial charge >= 0.3 is 5.97 Å². The van der Waals surface area contributed by atoms with Crippen molar-refractivity contribution in [1.82, 2.24) is 10.2 Å². The minimum Gasteiger partial charge on any atom is -0.466 e. The second-order valence-corrected chi connectivity index (χ2v) is 8.81. The van der Waals surface area contributed by atoms with Crippen LogP contribution in [-0.2, 0) is 19.1 Å². The van der Waals surface area contributed by atoms with Crippen LogP contribution in [0.5, 0.6) is 0 Å². The molecule has 1 aliphatic carbocycles. The van der Waals surface area contributed by atoms with E-state index in [4.69, 9.17) is 4.74 Å². The molecule has 0 unspecified atom stereocenters. The molecule has 1 aliphatic heterocycles. The summed E-state index contributed by atoms with van der Waals surface area (Å²) in [6, 6.07) is -1.20. The third-order valence-corrected chi connectivity index (χ3v) is 7.02. The molecule has 31 heavy (non-hydrogen) atoms. The quantitative estimate of drug-likeness (QED) is 0.295. The van der Waals surface area contributed by atoms with E-state index in [0.717, 1.165) is 19.3 Å². The molecule has 1 fully saturated rings. The molecule has 0 saturated carbocycles. The van der Waals surface area contributed by atoms with E-state index in [1.165, 1.54) is 0 Å². The van der Waals surface area contributed by atoms with Gasteiger partial charge in [-0.05, 0) is 31.6 Å². The number of unbranched alkanes of at least 4 members (excludes halogenated alkanes) is 1. The number of allylic oxidation sites excluding steroid dienone is 1. The van der Waals surface area contributed by atoms with Crippen LogP contribution in [0.3, 0.4) is 0 Å². The number of aliphatic hydroxyl groups excluding tert-OH is 1. The van der Waals surface area contributed by atoms with Crippen molar-refractivity contribution in [1.29, 1.82) is 0 Å². The molecular weight excluding hydrogens is 396 g/mol. The number of ether oxygens (including phenoxy) is 1. The normalized spacial score (nSPS) is 29.4. The first-order valence-electron chi connectivity index (χ1n) is 11.9. The lowest BCUT2D eigenvalue weighted by atomic mass is 9.69. The van der Waals surface area contributed by atoms with Gasteiger partial charge in [-0.2, -0.15) is 0 Å². The largest absolute Gasteiger partial charge is 0.466 e. The van der Waals surface area contributed by atoms with Crippen LogP contribution >= 0.6 is 0 Å². The summed E-state index contributed by atoms with van der Waals surface area (Å²) >= 11 is 0. The highest BCUT2D eigenvalue weighted by atomic mass is 16.5. The molecular formula is C24H40N2O5. The maximum Gasteiger partial charge on any atom is 0.310 e. The number of hydrogen-bond acceptors (Lipinski definition) is 5. The van der Waals surface area contributed by atoms with E-state index in [0.29, 0.717) is 13.0 Å². The Labute approximate surface area is 186 Å². The zero-order chi connectivity index (χ0) is 23.1. The number of rotatable bonds is 11. The molecule has 0 aromatic rings. The van der Waals surface area contributed by atoms with Crippen LogP contribution in [0.15, 0.2) is 12.2 Å². The van der Waals surface area contributed by atoms with Crippen molar-refractivity contribution >= 4 is 17.8 Å². The SMILES string of the molecule is CCCCNC(=O)[C@@H]1[C@H]2C=C[C@@H](CC)[C@@H](C(=O)OCC)[C@@H]2C(=O)N1[C@@H](CO)[C@@H](C)CC. The number of hydrogen-bond donors (Lipinski definition) is 2. The van der Waals surface area contributed by atoms with Crippen LogP contribution < -0.4 is 5.32 Å². The maximum absolute atomic E-state index is 13.8. The number of fused-ring (bicyclic) bond motifs is 1. The van der Waals surface area contributed by atoms with Gasteiger partial charge in [0.25, 0.3) is 0 Å². The van der Waals surface area contributed by atoms with Crippen LogP contribution in [-0.4, -0.2) is 59.6 Å². The molecule has 2 aliphatic rings. The number of nitrogens with one attached hydrogen (secondary N) is 1. The highest BCUT2D eigenvalue weighted by Crippen LogP contribution is 2.46. The number of carbonyl (C=O) groups is 3. The summed E-state index contributed by atoms with van der Waals surface area (Å²) in [6.07, 6.45) is 7.20. The Bertz CT molecular complexity index is 664. The van der Waals surface area contributed by atoms with Gasteiger partial charge in [-0.25, -0.2) is 0 Å². The first-order chi connectivity index (χ1) is 14.9. The third-order valence-electron chi connectivity index (χ3n) is 7.02. The van der Waals surface area contributed by atoms with Crippen molar-refractivity contribution in [2.45, 2.75) is 72.4 Å². The number of aliphatic hydroxyl groups is 1. The predicted octanol–water partition coefficient (Wildman–Crippen LogP) is 2.53. The van der Waals surface area contributed by atoms with Gasteiger partial charge in [-0.15, -0.1) is 0 Å². The van der Waals surface area contributed by atoms with E-state index >= 15 is 0 Å². The van der Waals surface area contributed by atoms with Gasteiger partial charge in [0.1, 0.15) is 6.04 Å². The van der Waals surface area contributed by atoms with Gasteiger partial charge in [0.2, 0.25) is 11.8 Å². The molecule has 0 radical (unpaired) electrons. The summed E-state index contributed by atoms with van der Waals surface area (Å²) in [4.78, 5) is 41.5. The highest BCUT2D eigenvalue weighted by molar-refractivity contribution is 5.96. The molecule has 176 valence electrons. The van der Waals surface area contributed by atoms with E-state index in [1.807, 2.05) is 32.9 Å². The predicted molar refractivity (Wildman–Crippen MR) is 119 cm³/mol. The number of carbonyl (C=O) groups excluding carboxylic acids is 3. The zero-order valence-electron chi connectivity index (χ0n) is 19.7. The van der Waals surface area contributed by atoms with E-state index < -0.39 is 29.8 Å². The summed E-state index contributed by atoms with van der Waals surface area (Å²) < 4.78 is 5.34. The van der Waals surface area contributed by atoms with Crippen molar-refractivity contribution in [3.63, 3.8) is 0 Å². The van der Waals surface area contributed by atoms with E-state index in [-0.39, 0.29) is 42.8 Å². The molecule has 7 nitrogen and oxygen atoms in total. The number of nitrogens with zero attached hydrogens (tertiary/aromatic N) is 1. The van der Waals surface area contributed by atoms with Crippen LogP contribution in [0.1, 0.15) is 60.3 Å². The fraction of sp³-hybridized carbons (Fsp3) is 0.792. The van der Waals surface area contributed by atoms with Crippen molar-refractivity contribution < 1.29 is 24.2 Å². The van der Waals surface area contributed by atoms with Gasteiger partial charge in [-0.1, -0.05) is 52.7 Å². The fourth-order valence-electron chi connectivity index (χ4n) is 5.06. The lowest BCUT2D eigenvalue weighted by Crippen LogP contribution is -2.54. The van der Waals surface area contributed by atoms with E-state index in [1.54, 1.807) is 11.8 Å². The Kier molecular flexibility index (Phi) is 9.54. The van der Waals surface area contributed by atoms with E-state index in [9.17, 15) is 19.5 Å². The fourth-order valence-corrected chi connectivity index (χ4v) is 5.06. The summed E-state index contributed by atoms with van der Waals surface area (Å²) in [7, 11) is 0. The van der Waals surface area contributed by atoms with Gasteiger partial charge in [-0.3, -0.25) is 14.4 Å². The van der Waals surface area contributed by atoms with Crippen LogP contribution in [0, 0.1) is 29.6 Å². The third kappa shape index (κ3) is 5.13. The molecule has 0 bridgehead atoms. The Balaban J connectivity index is 2.50. The average molecular weight is 437 g/mol. The second kappa shape index (κ2) is 11.7. The van der Waals surface area contributed by atoms with Gasteiger partial charge < -0.3 is 20.1 Å². The van der Waals surface area contributed by atoms with Gasteiger partial charge in [0, 0.05) is 12.5 Å². The van der Waals surface area contributed by atoms with Gasteiger partial charge in [0.05, 0.1) is 31.1 Å². The lowest BCUT2D eigenvalue weighted by Gasteiger charge is -2.36. The van der Waals surface area contributed by atoms with Crippen LogP contribution in [0.4, 0.5) is 0 Å². The minimum atomic E-state index is -0.730. The number of esters is 1. The monoisotopic (exact) mass is 436 g/mol. The maximum atomic E-state index is 13.8. The van der Waals surface area contributed by atoms with Crippen molar-refractivity contribution in [2.75, 3.05) is 19.8 Å². The minimum absolute atomic E-state index is 0.0204. The summed E-state index contributed by atoms with van der Waals surface area (Å²) in [5.41, 5.74) is 0. The summed E-state index contributed by atoms with van der Waals surface area (Å²) in [5, 5.41) is 13.2. The Morgan fingerprint density at radius 1 is 1.23 bits per heavy atom. The molecule has 0 spiro atoms. The smallest absolute Gasteiger partial charge is 0.310 e. The lowest BCUT2D eigenvalue weighted by molar-refractivity contribution is -0.156. The Hall–Kier alpha value is -1.89. The topological polar surface area (TPSA) is 95.9 Å². The van der Waals surface area contributed by atoms with Crippen molar-refractivity contribution in [2.24, 2.45) is 29.6 Å². The van der Waals surface area contributed by atoms with Crippen molar-refractivity contribution in [3.05, 3.63) is 12.2 Å². The zero-order valence-corrected chi connectivity index (χ0v) is 19.7. The summed E-state index contributed by atoms with van der Waals surface area (Å²) in [6.45, 7) is 10.4. The molecule has 2 rings (SSSR count). The standard InChI is InChI=1S/C24H40N2O5/c1-6-10-13-25-22(28)21-17-12-11-16(8-3)19(24(30)31-9-4)20(17)23(29)26(21)18(14-27)15(5)7-2/h11-12,15-21,27H,6-10,13-14H2,1-5H3,(H,25,28)/t15-,16+,17-,18-,19+,20+,21-/m0/s1. The molecule has 1 heterocycles. The molecule has 0 aromatic carbocycles. The van der Waals surface area contributed by atoms with Crippen LogP contribution in [0.25, 0.3) is 0 Å². The number of amides is 2. The second-order valence-electron chi connectivity index (χ2n) is 8.81. The van der Waals surface area contributed by atoms with Crippen molar-refractivity contribution in [3.8, 4) is 0 Å². The first-order valence-corrected chi connectivity index (χ1v) is 11.9. The molecule has 7 heteroatoms. The molecule has 7 atom stereocenters. The molecule has 0 aromatic heterocycles. The molecule has 1 saturated heterocycles. The van der Waals surface area contributed by atoms with Crippen LogP contribution in [0.2, 0.25) is 0 Å². The first kappa shape index (κ1) is 25.4. The highest BCUT2D eigenvalue weighted by Gasteiger charge is 2.59. The Morgan fingerprint density at radius 3 is 2.48 bits per heavy atom. The Morgan fingerprint density at radius 2 is 1.94 bits per heavy atom. The molecule has 2 N–H and O–H groups in total. The van der Waals surface area contributed by atoms with E-state index in [2.05, 4.69) is 12.2 Å². The molecule has 2 amide bonds. The number of likely N-dealkylation sites (tertiary alicyclic amines) is 1. The summed E-state index contributed by atoms with van der Waals surface area (Å²) in [5.74, 6) is -2.56. The average Bonchev–Trinajstić information content (AvgIpc) is 3.06.